The Kier molecular flexibility index (Phi) is 2.92. The van der Waals surface area contributed by atoms with Crippen LogP contribution in [0.4, 0.5) is 0 Å². The van der Waals surface area contributed by atoms with Crippen LogP contribution in [0.15, 0.2) is 0 Å². The van der Waals surface area contributed by atoms with Gasteiger partial charge in [-0.3, -0.25) is 0 Å². The van der Waals surface area contributed by atoms with Crippen LogP contribution in [0.5, 0.6) is 0 Å². The van der Waals surface area contributed by atoms with E-state index in [9.17, 15) is 0 Å². The van der Waals surface area contributed by atoms with Crippen LogP contribution in [0.3, 0.4) is 0 Å². The fourth-order valence-electron chi connectivity index (χ4n) is 0.626. The van der Waals surface area contributed by atoms with Crippen molar-refractivity contribution in [1.82, 2.24) is 0 Å². The smallest absolute Gasteiger partial charge is 0.0932 e. The molecule has 0 aromatic carbocycles. The van der Waals surface area contributed by atoms with Crippen LogP contribution >= 0.6 is 0 Å². The first-order valence-electron chi connectivity index (χ1n) is 2.40. The third kappa shape index (κ3) is 1.65. The average Bonchev–Trinajstić information content (AvgIpc) is 1.63. The Hall–Kier alpha value is -0.106. The summed E-state index contributed by atoms with van der Waals surface area (Å²) >= 11 is 0. The minimum atomic E-state index is -0.799. The summed E-state index contributed by atoms with van der Waals surface area (Å²) in [7, 11) is 0. The Morgan fingerprint density at radius 2 is 1.22 bits per heavy atom. The molecule has 1 aliphatic rings. The van der Waals surface area contributed by atoms with Gasteiger partial charge in [0.2, 0.25) is 0 Å². The maximum atomic E-state index is 8.91. The quantitative estimate of drug-likeness (QED) is 0.420. The van der Waals surface area contributed by atoms with Gasteiger partial charge in [0.25, 0.3) is 0 Å². The van der Waals surface area contributed by atoms with E-state index >= 15 is 0 Å². The molecule has 0 aliphatic heterocycles. The van der Waals surface area contributed by atoms with Crippen LogP contribution in [-0.4, -0.2) is 29.8 Å². The van der Waals surface area contributed by atoms with Gasteiger partial charge in [0.05, 0.1) is 11.2 Å². The fraction of sp³-hybridized carbons (Fsp3) is 1.00. The molecule has 2 unspecified atom stereocenters. The number of hydrogen-bond donors (Lipinski definition) is 2. The van der Waals surface area contributed by atoms with Gasteiger partial charge in [-0.25, -0.2) is 0 Å². The van der Waals surface area contributed by atoms with Gasteiger partial charge in [-0.1, -0.05) is 0 Å². The zero-order valence-electron chi connectivity index (χ0n) is 5.89. The van der Waals surface area contributed by atoms with Gasteiger partial charge in [-0.2, -0.15) is 0 Å². The number of aliphatic hydroxyl groups is 2. The predicted octanol–water partition coefficient (Wildman–Crippen LogP) is -0.489. The van der Waals surface area contributed by atoms with E-state index in [2.05, 4.69) is 0 Å². The van der Waals surface area contributed by atoms with Gasteiger partial charge < -0.3 is 10.2 Å². The van der Waals surface area contributed by atoms with E-state index in [1.807, 2.05) is 0 Å². The molecule has 0 saturated heterocycles. The average molecular weight is 117 g/mol. The zero-order valence-corrected chi connectivity index (χ0v) is 5.89. The summed E-state index contributed by atoms with van der Waals surface area (Å²) in [6.45, 7) is 3.26. The van der Waals surface area contributed by atoms with E-state index in [0.29, 0.717) is 6.42 Å². The molecule has 3 radical (unpaired) electrons. The molecule has 0 heterocycles. The topological polar surface area (TPSA) is 40.5 Å². The Labute approximate surface area is 57.2 Å². The maximum absolute atomic E-state index is 8.91. The Balaban J connectivity index is 0. The molecule has 47 valence electrons. The minimum Gasteiger partial charge on any atom is -0.387 e. The Morgan fingerprint density at radius 3 is 1.22 bits per heavy atom. The standard InChI is InChI=1S/C5H10O2.B.He/c1-4(6)3-5(4,2)7;;/h6-7H,3H2,1-2H3;;. The molecule has 0 bridgehead atoms. The monoisotopic (exact) mass is 117 g/mol. The van der Waals surface area contributed by atoms with E-state index in [-0.39, 0.29) is 14.6 Å². The first-order valence-corrected chi connectivity index (χ1v) is 2.40. The summed E-state index contributed by atoms with van der Waals surface area (Å²) in [5, 5.41) is 17.8. The van der Waals surface area contributed by atoms with Crippen LogP contribution in [0.25, 0.3) is 0 Å². The van der Waals surface area contributed by atoms with Gasteiger partial charge in [0.15, 0.2) is 0 Å². The van der Waals surface area contributed by atoms with Gasteiger partial charge in [-0.05, 0) is 13.8 Å². The SMILES string of the molecule is CC1(O)CC1(C)O.[B].[He]. The van der Waals surface area contributed by atoms with Crippen molar-refractivity contribution < 1.29 is 16.4 Å². The molecule has 0 aromatic rings. The van der Waals surface area contributed by atoms with E-state index in [1.54, 1.807) is 13.8 Å². The summed E-state index contributed by atoms with van der Waals surface area (Å²) in [6.07, 6.45) is 0.514. The first-order chi connectivity index (χ1) is 2.96. The van der Waals surface area contributed by atoms with E-state index in [1.165, 1.54) is 0 Å². The molecule has 2 nitrogen and oxygen atoms in total. The molecule has 1 aliphatic carbocycles. The van der Waals surface area contributed by atoms with Crippen molar-refractivity contribution in [1.29, 1.82) is 0 Å². The molecule has 1 saturated carbocycles. The summed E-state index contributed by atoms with van der Waals surface area (Å²) in [5.41, 5.74) is -1.60. The van der Waals surface area contributed by atoms with Crippen molar-refractivity contribution in [2.24, 2.45) is 0 Å². The van der Waals surface area contributed by atoms with Gasteiger partial charge >= 0.3 is 0 Å². The normalized spacial score (nSPS) is 46.7. The molecular weight excluding hydrogens is 107 g/mol. The number of rotatable bonds is 0. The first kappa shape index (κ1) is 11.7. The third-order valence-corrected chi connectivity index (χ3v) is 1.72. The van der Waals surface area contributed by atoms with Crippen molar-refractivity contribution in [2.45, 2.75) is 31.5 Å². The van der Waals surface area contributed by atoms with Gasteiger partial charge in [0, 0.05) is 21.0 Å². The van der Waals surface area contributed by atoms with Crippen molar-refractivity contribution in [3.63, 3.8) is 0 Å². The molecule has 1 fully saturated rings. The van der Waals surface area contributed by atoms with E-state index < -0.39 is 11.2 Å². The van der Waals surface area contributed by atoms with Crippen molar-refractivity contribution in [3.8, 4) is 0 Å². The van der Waals surface area contributed by atoms with Crippen LogP contribution in [0.1, 0.15) is 20.3 Å². The molecule has 2 atom stereocenters. The minimum absolute atomic E-state index is 0. The van der Waals surface area contributed by atoms with Crippen LogP contribution in [0.2, 0.25) is 0 Å². The van der Waals surface area contributed by atoms with Crippen LogP contribution in [0, 0.1) is 6.15 Å². The molecule has 0 aromatic heterocycles. The maximum Gasteiger partial charge on any atom is 0.0932 e. The third-order valence-electron chi connectivity index (χ3n) is 1.72. The molecule has 0 amide bonds. The van der Waals surface area contributed by atoms with E-state index in [0.717, 1.165) is 0 Å². The molecule has 4 heteroatoms. The summed E-state index contributed by atoms with van der Waals surface area (Å²) < 4.78 is 0. The predicted molar refractivity (Wildman–Crippen MR) is 31.6 cm³/mol. The second-order valence-electron chi connectivity index (χ2n) is 2.72. The van der Waals surface area contributed by atoms with Crippen molar-refractivity contribution >= 4 is 8.41 Å². The zero-order chi connectivity index (χ0) is 5.71. The van der Waals surface area contributed by atoms with Gasteiger partial charge in [0.1, 0.15) is 0 Å². The van der Waals surface area contributed by atoms with Gasteiger partial charge in [-0.15, -0.1) is 0 Å². The summed E-state index contributed by atoms with van der Waals surface area (Å²) in [4.78, 5) is 0. The van der Waals surface area contributed by atoms with Crippen LogP contribution < -0.4 is 0 Å². The Morgan fingerprint density at radius 1 is 1.11 bits per heavy atom. The molecule has 1 rings (SSSR count). The molecule has 0 spiro atoms. The summed E-state index contributed by atoms with van der Waals surface area (Å²) in [5.74, 6) is 0. The molecular formula is C5H10BHeO2. The molecule has 9 heavy (non-hydrogen) atoms. The molecule has 2 N–H and O–H groups in total. The second kappa shape index (κ2) is 2.26. The summed E-state index contributed by atoms with van der Waals surface area (Å²) in [6, 6.07) is 0. The largest absolute Gasteiger partial charge is 0.387 e. The Bertz CT molecular complexity index is 91.1. The van der Waals surface area contributed by atoms with Crippen LogP contribution in [-0.2, 0) is 0 Å². The second-order valence-corrected chi connectivity index (χ2v) is 2.72. The number of hydrogen-bond acceptors (Lipinski definition) is 2. The van der Waals surface area contributed by atoms with Crippen molar-refractivity contribution in [3.05, 3.63) is 0 Å². The fourth-order valence-corrected chi connectivity index (χ4v) is 0.626. The van der Waals surface area contributed by atoms with E-state index in [4.69, 9.17) is 10.2 Å². The van der Waals surface area contributed by atoms with Crippen molar-refractivity contribution in [2.75, 3.05) is 0 Å².